The molecule has 0 bridgehead atoms. The molecular weight excluding hydrogens is 172 g/mol. The fraction of sp³-hybridized carbons (Fsp3) is 0.833. The van der Waals surface area contributed by atoms with Crippen molar-refractivity contribution >= 4 is 0 Å². The molecule has 0 aromatic rings. The average molecular weight is 196 g/mol. The maximum Gasteiger partial charge on any atom is -0.00368 e. The van der Waals surface area contributed by atoms with Crippen LogP contribution in [0.25, 0.3) is 0 Å². The Kier molecular flexibility index (Phi) is 6.71. The zero-order chi connectivity index (χ0) is 10.1. The molecule has 0 saturated carbocycles. The average Bonchev–Trinajstić information content (AvgIpc) is 2.69. The Labute approximate surface area is 88.2 Å². The van der Waals surface area contributed by atoms with Gasteiger partial charge in [0.05, 0.1) is 0 Å². The summed E-state index contributed by atoms with van der Waals surface area (Å²) in [5, 5.41) is 6.83. The van der Waals surface area contributed by atoms with E-state index < -0.39 is 0 Å². The van der Waals surface area contributed by atoms with Crippen LogP contribution in [0.4, 0.5) is 0 Å². The quantitative estimate of drug-likeness (QED) is 0.458. The fourth-order valence-corrected chi connectivity index (χ4v) is 1.86. The Balaban J connectivity index is 1.77. The van der Waals surface area contributed by atoms with Crippen molar-refractivity contribution in [3.8, 4) is 0 Å². The highest BCUT2D eigenvalue weighted by Crippen LogP contribution is 2.19. The van der Waals surface area contributed by atoms with Gasteiger partial charge in [-0.05, 0) is 57.8 Å². The van der Waals surface area contributed by atoms with Crippen LogP contribution in [-0.4, -0.2) is 26.2 Å². The Morgan fingerprint density at radius 1 is 1.21 bits per heavy atom. The molecule has 1 rings (SSSR count). The summed E-state index contributed by atoms with van der Waals surface area (Å²) in [6.45, 7) is 6.73. The number of nitrogens with one attached hydrogen (secondary N) is 2. The van der Waals surface area contributed by atoms with Crippen LogP contribution in [0.2, 0.25) is 0 Å². The topological polar surface area (TPSA) is 24.1 Å². The van der Waals surface area contributed by atoms with Crippen molar-refractivity contribution in [3.05, 3.63) is 12.2 Å². The van der Waals surface area contributed by atoms with Gasteiger partial charge in [-0.2, -0.15) is 0 Å². The number of hydrogen-bond donors (Lipinski definition) is 2. The van der Waals surface area contributed by atoms with Crippen molar-refractivity contribution in [2.75, 3.05) is 26.2 Å². The molecular formula is C12H24N2. The Hall–Kier alpha value is -0.340. The van der Waals surface area contributed by atoms with Crippen LogP contribution in [0.15, 0.2) is 12.2 Å². The molecule has 1 aliphatic carbocycles. The molecule has 14 heavy (non-hydrogen) atoms. The molecule has 0 radical (unpaired) electrons. The van der Waals surface area contributed by atoms with Crippen molar-refractivity contribution in [1.29, 1.82) is 0 Å². The predicted molar refractivity (Wildman–Crippen MR) is 62.5 cm³/mol. The lowest BCUT2D eigenvalue weighted by atomic mass is 10.1. The van der Waals surface area contributed by atoms with Crippen molar-refractivity contribution in [3.63, 3.8) is 0 Å². The first-order chi connectivity index (χ1) is 6.93. The van der Waals surface area contributed by atoms with E-state index in [9.17, 15) is 0 Å². The number of allylic oxidation sites excluding steroid dienone is 2. The first-order valence-electron chi connectivity index (χ1n) is 6.01. The van der Waals surface area contributed by atoms with E-state index >= 15 is 0 Å². The normalized spacial score (nSPS) is 20.5. The lowest BCUT2D eigenvalue weighted by molar-refractivity contribution is 0.524. The molecule has 0 aliphatic heterocycles. The lowest BCUT2D eigenvalue weighted by Gasteiger charge is -2.08. The molecule has 0 saturated heterocycles. The predicted octanol–water partition coefficient (Wildman–Crippen LogP) is 1.93. The van der Waals surface area contributed by atoms with Gasteiger partial charge in [0.25, 0.3) is 0 Å². The molecule has 0 spiro atoms. The smallest absolute Gasteiger partial charge is 0.00368 e. The van der Waals surface area contributed by atoms with Crippen molar-refractivity contribution < 1.29 is 0 Å². The van der Waals surface area contributed by atoms with Gasteiger partial charge in [-0.1, -0.05) is 19.1 Å². The summed E-state index contributed by atoms with van der Waals surface area (Å²) in [5.41, 5.74) is 0. The van der Waals surface area contributed by atoms with Crippen LogP contribution in [0, 0.1) is 5.92 Å². The Morgan fingerprint density at radius 2 is 2.07 bits per heavy atom. The maximum absolute atomic E-state index is 3.50. The van der Waals surface area contributed by atoms with Crippen molar-refractivity contribution in [2.45, 2.75) is 32.6 Å². The second-order valence-corrected chi connectivity index (χ2v) is 4.01. The summed E-state index contributed by atoms with van der Waals surface area (Å²) in [4.78, 5) is 0. The summed E-state index contributed by atoms with van der Waals surface area (Å²) >= 11 is 0. The fourth-order valence-electron chi connectivity index (χ4n) is 1.86. The number of rotatable bonds is 8. The largest absolute Gasteiger partial charge is 0.317 e. The molecule has 0 amide bonds. The van der Waals surface area contributed by atoms with Gasteiger partial charge in [-0.3, -0.25) is 0 Å². The highest BCUT2D eigenvalue weighted by Gasteiger charge is 2.07. The zero-order valence-electron chi connectivity index (χ0n) is 9.39. The van der Waals surface area contributed by atoms with Crippen LogP contribution in [0.1, 0.15) is 32.6 Å². The summed E-state index contributed by atoms with van der Waals surface area (Å²) in [7, 11) is 0. The molecule has 0 fully saturated rings. The highest BCUT2D eigenvalue weighted by molar-refractivity contribution is 4.95. The maximum atomic E-state index is 3.50. The minimum Gasteiger partial charge on any atom is -0.317 e. The molecule has 1 unspecified atom stereocenters. The summed E-state index contributed by atoms with van der Waals surface area (Å²) in [6, 6.07) is 0. The van der Waals surface area contributed by atoms with Crippen LogP contribution >= 0.6 is 0 Å². The molecule has 2 heteroatoms. The van der Waals surface area contributed by atoms with E-state index in [0.29, 0.717) is 0 Å². The molecule has 0 heterocycles. The van der Waals surface area contributed by atoms with Gasteiger partial charge in [0.2, 0.25) is 0 Å². The molecule has 2 nitrogen and oxygen atoms in total. The van der Waals surface area contributed by atoms with Crippen LogP contribution in [0.3, 0.4) is 0 Å². The van der Waals surface area contributed by atoms with Crippen LogP contribution in [-0.2, 0) is 0 Å². The first kappa shape index (κ1) is 11.7. The van der Waals surface area contributed by atoms with Crippen LogP contribution < -0.4 is 10.6 Å². The minimum absolute atomic E-state index is 0.858. The van der Waals surface area contributed by atoms with Gasteiger partial charge < -0.3 is 10.6 Å². The van der Waals surface area contributed by atoms with Gasteiger partial charge in [-0.25, -0.2) is 0 Å². The molecule has 2 N–H and O–H groups in total. The third kappa shape index (κ3) is 5.40. The highest BCUT2D eigenvalue weighted by atomic mass is 14.9. The van der Waals surface area contributed by atoms with E-state index in [1.807, 2.05) is 0 Å². The Bertz CT molecular complexity index is 154. The summed E-state index contributed by atoms with van der Waals surface area (Å²) in [6.07, 6.45) is 9.92. The Morgan fingerprint density at radius 3 is 2.79 bits per heavy atom. The number of hydrogen-bond acceptors (Lipinski definition) is 2. The van der Waals surface area contributed by atoms with Gasteiger partial charge >= 0.3 is 0 Å². The lowest BCUT2D eigenvalue weighted by Crippen LogP contribution is -2.23. The van der Waals surface area contributed by atoms with Gasteiger partial charge in [0.15, 0.2) is 0 Å². The van der Waals surface area contributed by atoms with E-state index in [4.69, 9.17) is 0 Å². The molecule has 0 aromatic heterocycles. The van der Waals surface area contributed by atoms with Crippen molar-refractivity contribution in [1.82, 2.24) is 10.6 Å². The van der Waals surface area contributed by atoms with E-state index in [1.54, 1.807) is 0 Å². The van der Waals surface area contributed by atoms with Crippen molar-refractivity contribution in [2.24, 2.45) is 5.92 Å². The van der Waals surface area contributed by atoms with E-state index in [2.05, 4.69) is 29.7 Å². The molecule has 0 aromatic carbocycles. The first-order valence-corrected chi connectivity index (χ1v) is 6.01. The van der Waals surface area contributed by atoms with Gasteiger partial charge in [-0.15, -0.1) is 0 Å². The van der Waals surface area contributed by atoms with E-state index in [0.717, 1.165) is 25.6 Å². The second-order valence-electron chi connectivity index (χ2n) is 4.01. The van der Waals surface area contributed by atoms with Gasteiger partial charge in [0, 0.05) is 0 Å². The van der Waals surface area contributed by atoms with E-state index in [1.165, 1.54) is 32.2 Å². The SMILES string of the molecule is CCNCCCNCCC1C=CCC1. The minimum atomic E-state index is 0.858. The standard InChI is InChI=1S/C12H24N2/c1-2-13-9-5-10-14-11-8-12-6-3-4-7-12/h3,6,12-14H,2,4-5,7-11H2,1H3. The zero-order valence-corrected chi connectivity index (χ0v) is 9.39. The molecule has 1 atom stereocenters. The molecule has 1 aliphatic rings. The van der Waals surface area contributed by atoms with Crippen LogP contribution in [0.5, 0.6) is 0 Å². The third-order valence-electron chi connectivity index (χ3n) is 2.76. The van der Waals surface area contributed by atoms with Gasteiger partial charge in [0.1, 0.15) is 0 Å². The third-order valence-corrected chi connectivity index (χ3v) is 2.76. The summed E-state index contributed by atoms with van der Waals surface area (Å²) in [5.74, 6) is 0.858. The monoisotopic (exact) mass is 196 g/mol. The molecule has 82 valence electrons. The van der Waals surface area contributed by atoms with E-state index in [-0.39, 0.29) is 0 Å². The summed E-state index contributed by atoms with van der Waals surface area (Å²) < 4.78 is 0. The second kappa shape index (κ2) is 8.01.